The third kappa shape index (κ3) is 59.3. The monoisotopic (exact) mass is 1100 g/mol. The van der Waals surface area contributed by atoms with Crippen LogP contribution in [0.15, 0.2) is 12.2 Å². The molecule has 78 heavy (non-hydrogen) atoms. The van der Waals surface area contributed by atoms with Crippen molar-refractivity contribution in [1.29, 1.82) is 0 Å². The van der Waals surface area contributed by atoms with E-state index in [4.69, 9.17) is 9.47 Å². The Morgan fingerprint density at radius 1 is 0.269 bits per heavy atom. The average molecular weight is 1100 g/mol. The number of unbranched alkanes of at least 4 members (excludes halogenated alkanes) is 35. The van der Waals surface area contributed by atoms with Crippen molar-refractivity contribution in [3.05, 3.63) is 12.2 Å². The number of hydrogen-bond acceptors (Lipinski definition) is 4. The lowest BCUT2D eigenvalue weighted by atomic mass is 9.84. The Hall–Kier alpha value is -1.32. The van der Waals surface area contributed by atoms with Gasteiger partial charge >= 0.3 is 11.9 Å². The van der Waals surface area contributed by atoms with E-state index < -0.39 is 0 Å². The molecule has 0 aliphatic heterocycles. The highest BCUT2D eigenvalue weighted by atomic mass is 16.5. The van der Waals surface area contributed by atoms with Crippen LogP contribution in [0.2, 0.25) is 0 Å². The zero-order valence-corrected chi connectivity index (χ0v) is 55.8. The van der Waals surface area contributed by atoms with Gasteiger partial charge in [-0.15, -0.1) is 0 Å². The van der Waals surface area contributed by atoms with Crippen LogP contribution in [-0.4, -0.2) is 25.2 Å². The van der Waals surface area contributed by atoms with Gasteiger partial charge in [0.1, 0.15) is 0 Å². The van der Waals surface area contributed by atoms with Gasteiger partial charge in [0.15, 0.2) is 0 Å². The fourth-order valence-electron chi connectivity index (χ4n) is 12.6. The first-order chi connectivity index (χ1) is 37.8. The van der Waals surface area contributed by atoms with Gasteiger partial charge in [-0.1, -0.05) is 326 Å². The SMILES string of the molecule is CCCCCCCCC=CCCCCCCCCC(C)CC(C)CC(C)CC(C)C(=O)OCCCCCCCC.CCCCCCCCCCCCCCCCC(C)CC(C)CC(C)CC(C)C(=O)OCCCCCCCC. The minimum absolute atomic E-state index is 0.0152. The molecule has 0 fully saturated rings. The fraction of sp³-hybridized carbons (Fsp3) is 0.946. The maximum atomic E-state index is 12.4. The molecule has 0 amide bonds. The molecule has 4 heteroatoms. The highest BCUT2D eigenvalue weighted by Gasteiger charge is 2.22. The summed E-state index contributed by atoms with van der Waals surface area (Å²) in [7, 11) is 0. The molecule has 0 heterocycles. The molecule has 0 aromatic rings. The second-order valence-electron chi connectivity index (χ2n) is 26.8. The first kappa shape index (κ1) is 78.7. The molecular weight excluding hydrogens is 953 g/mol. The van der Waals surface area contributed by atoms with Crippen molar-refractivity contribution < 1.29 is 19.1 Å². The van der Waals surface area contributed by atoms with Crippen LogP contribution in [0.25, 0.3) is 0 Å². The first-order valence-electron chi connectivity index (χ1n) is 35.8. The molecule has 8 atom stereocenters. The predicted molar refractivity (Wildman–Crippen MR) is 349 cm³/mol. The van der Waals surface area contributed by atoms with Gasteiger partial charge in [-0.25, -0.2) is 0 Å². The van der Waals surface area contributed by atoms with Crippen molar-refractivity contribution in [2.24, 2.45) is 47.3 Å². The summed E-state index contributed by atoms with van der Waals surface area (Å²) in [6, 6.07) is 0. The Balaban J connectivity index is 0. The Labute approximate surface area is 492 Å². The van der Waals surface area contributed by atoms with Crippen LogP contribution in [0.4, 0.5) is 0 Å². The van der Waals surface area contributed by atoms with E-state index in [9.17, 15) is 9.59 Å². The molecule has 0 aliphatic rings. The summed E-state index contributed by atoms with van der Waals surface area (Å²) in [5.74, 6) is 4.41. The van der Waals surface area contributed by atoms with Gasteiger partial charge in [-0.2, -0.15) is 0 Å². The van der Waals surface area contributed by atoms with Crippen molar-refractivity contribution in [3.63, 3.8) is 0 Å². The Morgan fingerprint density at radius 3 is 0.769 bits per heavy atom. The Kier molecular flexibility index (Phi) is 62.3. The molecule has 0 radical (unpaired) electrons. The molecular formula is C74H146O4. The molecule has 0 N–H and O–H groups in total. The molecule has 0 aliphatic carbocycles. The molecule has 466 valence electrons. The Bertz CT molecular complexity index is 1230. The number of carbonyl (C=O) groups is 2. The van der Waals surface area contributed by atoms with Gasteiger partial charge < -0.3 is 9.47 Å². The highest BCUT2D eigenvalue weighted by molar-refractivity contribution is 5.72. The van der Waals surface area contributed by atoms with E-state index in [1.807, 2.05) is 0 Å². The number of rotatable bonds is 59. The van der Waals surface area contributed by atoms with Crippen LogP contribution >= 0.6 is 0 Å². The highest BCUT2D eigenvalue weighted by Crippen LogP contribution is 2.29. The lowest BCUT2D eigenvalue weighted by Gasteiger charge is -2.22. The zero-order valence-electron chi connectivity index (χ0n) is 55.8. The molecule has 8 unspecified atom stereocenters. The Morgan fingerprint density at radius 2 is 0.487 bits per heavy atom. The zero-order chi connectivity index (χ0) is 58.0. The van der Waals surface area contributed by atoms with Gasteiger partial charge in [0, 0.05) is 0 Å². The van der Waals surface area contributed by atoms with Crippen LogP contribution in [0, 0.1) is 47.3 Å². The molecule has 0 aromatic heterocycles. The second kappa shape index (κ2) is 61.7. The van der Waals surface area contributed by atoms with Crippen molar-refractivity contribution in [3.8, 4) is 0 Å². The summed E-state index contributed by atoms with van der Waals surface area (Å²) in [5.41, 5.74) is 0. The van der Waals surface area contributed by atoms with Crippen LogP contribution in [0.3, 0.4) is 0 Å². The van der Waals surface area contributed by atoms with E-state index in [-0.39, 0.29) is 23.8 Å². The predicted octanol–water partition coefficient (Wildman–Crippen LogP) is 25.5. The van der Waals surface area contributed by atoms with Crippen molar-refractivity contribution in [2.75, 3.05) is 13.2 Å². The van der Waals surface area contributed by atoms with E-state index in [2.05, 4.69) is 95.2 Å². The van der Waals surface area contributed by atoms with E-state index >= 15 is 0 Å². The third-order valence-corrected chi connectivity index (χ3v) is 17.3. The quantitative estimate of drug-likeness (QED) is 0.0346. The van der Waals surface area contributed by atoms with E-state index in [1.54, 1.807) is 0 Å². The van der Waals surface area contributed by atoms with Crippen LogP contribution in [0.1, 0.15) is 391 Å². The minimum Gasteiger partial charge on any atom is -0.465 e. The summed E-state index contributed by atoms with van der Waals surface area (Å²) in [5, 5.41) is 0. The maximum absolute atomic E-state index is 12.4. The maximum Gasteiger partial charge on any atom is 0.308 e. The van der Waals surface area contributed by atoms with Crippen LogP contribution in [-0.2, 0) is 19.1 Å². The van der Waals surface area contributed by atoms with E-state index in [0.29, 0.717) is 25.0 Å². The number of ether oxygens (including phenoxy) is 2. The number of hydrogen-bond donors (Lipinski definition) is 0. The van der Waals surface area contributed by atoms with Gasteiger partial charge in [-0.3, -0.25) is 9.59 Å². The molecule has 4 nitrogen and oxygen atoms in total. The lowest BCUT2D eigenvalue weighted by molar-refractivity contribution is -0.149. The van der Waals surface area contributed by atoms with E-state index in [1.165, 1.54) is 283 Å². The topological polar surface area (TPSA) is 52.6 Å². The summed E-state index contributed by atoms with van der Waals surface area (Å²) < 4.78 is 11.1. The van der Waals surface area contributed by atoms with E-state index in [0.717, 1.165) is 49.4 Å². The number of carbonyl (C=O) groups excluding carboxylic acids is 2. The molecule has 0 saturated heterocycles. The first-order valence-corrected chi connectivity index (χ1v) is 35.8. The molecule has 0 rings (SSSR count). The summed E-state index contributed by atoms with van der Waals surface area (Å²) in [6.07, 6.45) is 69.0. The number of esters is 2. The van der Waals surface area contributed by atoms with Crippen molar-refractivity contribution >= 4 is 11.9 Å². The molecule has 0 spiro atoms. The molecule has 0 aromatic carbocycles. The smallest absolute Gasteiger partial charge is 0.308 e. The van der Waals surface area contributed by atoms with Crippen LogP contribution in [0.5, 0.6) is 0 Å². The van der Waals surface area contributed by atoms with Gasteiger partial charge in [0.2, 0.25) is 0 Å². The summed E-state index contributed by atoms with van der Waals surface area (Å²) >= 11 is 0. The van der Waals surface area contributed by atoms with Crippen LogP contribution < -0.4 is 0 Å². The normalized spacial score (nSPS) is 14.8. The van der Waals surface area contributed by atoms with Gasteiger partial charge in [0.25, 0.3) is 0 Å². The minimum atomic E-state index is 0.0152. The van der Waals surface area contributed by atoms with Gasteiger partial charge in [-0.05, 0) is 113 Å². The third-order valence-electron chi connectivity index (χ3n) is 17.3. The van der Waals surface area contributed by atoms with Crippen molar-refractivity contribution in [2.45, 2.75) is 391 Å². The summed E-state index contributed by atoms with van der Waals surface area (Å²) in [6.45, 7) is 28.8. The lowest BCUT2D eigenvalue weighted by Crippen LogP contribution is -2.19. The average Bonchev–Trinajstić information content (AvgIpc) is 3.40. The molecule has 0 bridgehead atoms. The fourth-order valence-corrected chi connectivity index (χ4v) is 12.6. The largest absolute Gasteiger partial charge is 0.465 e. The molecule has 0 saturated carbocycles. The second-order valence-corrected chi connectivity index (χ2v) is 26.8. The van der Waals surface area contributed by atoms with Gasteiger partial charge in [0.05, 0.1) is 25.0 Å². The number of allylic oxidation sites excluding steroid dienone is 2. The van der Waals surface area contributed by atoms with Crippen molar-refractivity contribution in [1.82, 2.24) is 0 Å². The summed E-state index contributed by atoms with van der Waals surface area (Å²) in [4.78, 5) is 24.7. The standard InChI is InChI=1S/C38H74O2.C36H72O2/c1-7-9-11-13-15-16-17-18-19-20-21-22-23-24-25-27-29-34(3)31-35(4)32-36(5)33-37(6)38(39)40-30-28-26-14-12-10-8-2;1-7-9-11-13-15-16-17-18-19-20-21-22-23-25-27-32(3)29-33(4)30-34(5)31-35(6)36(37)38-28-26-24-14-12-10-8-2/h18-19,34-37H,7-17,20-33H2,1-6H3;32-35H,7-31H2,1-6H3.